The van der Waals surface area contributed by atoms with Crippen molar-refractivity contribution in [2.75, 3.05) is 6.54 Å². The van der Waals surface area contributed by atoms with Crippen molar-refractivity contribution >= 4 is 0 Å². The van der Waals surface area contributed by atoms with Gasteiger partial charge in [0.1, 0.15) is 0 Å². The van der Waals surface area contributed by atoms with Crippen LogP contribution in [0.1, 0.15) is 35.4 Å². The molecular formula is C18H25N3. The second kappa shape index (κ2) is 6.44. The summed E-state index contributed by atoms with van der Waals surface area (Å²) in [6.07, 6.45) is 4.79. The number of hydrogen-bond donors (Lipinski definition) is 1. The Labute approximate surface area is 127 Å². The molecule has 1 heterocycles. The second-order valence-corrected chi connectivity index (χ2v) is 6.17. The van der Waals surface area contributed by atoms with E-state index in [1.165, 1.54) is 36.1 Å². The van der Waals surface area contributed by atoms with E-state index in [0.717, 1.165) is 25.2 Å². The summed E-state index contributed by atoms with van der Waals surface area (Å²) < 4.78 is 2.12. The average molecular weight is 283 g/mol. The molecule has 2 aromatic rings. The Morgan fingerprint density at radius 1 is 1.24 bits per heavy atom. The summed E-state index contributed by atoms with van der Waals surface area (Å²) in [4.78, 5) is 0. The van der Waals surface area contributed by atoms with Crippen LogP contribution in [0.2, 0.25) is 0 Å². The first-order valence-corrected chi connectivity index (χ1v) is 8.03. The van der Waals surface area contributed by atoms with Crippen molar-refractivity contribution < 1.29 is 0 Å². The molecule has 1 N–H and O–H groups in total. The first-order chi connectivity index (χ1) is 10.2. The van der Waals surface area contributed by atoms with Gasteiger partial charge in [0.25, 0.3) is 0 Å². The van der Waals surface area contributed by atoms with Gasteiger partial charge in [-0.25, -0.2) is 0 Å². The van der Waals surface area contributed by atoms with Crippen LogP contribution in [-0.2, 0) is 19.4 Å². The normalized spacial score (nSPS) is 17.7. The van der Waals surface area contributed by atoms with E-state index in [0.29, 0.717) is 6.04 Å². The molecule has 0 bridgehead atoms. The van der Waals surface area contributed by atoms with Crippen molar-refractivity contribution in [2.24, 2.45) is 0 Å². The Morgan fingerprint density at radius 3 is 2.81 bits per heavy atom. The summed E-state index contributed by atoms with van der Waals surface area (Å²) in [5.41, 5.74) is 5.45. The van der Waals surface area contributed by atoms with Crippen LogP contribution >= 0.6 is 0 Å². The number of fused-ring (bicyclic) bond motifs is 1. The van der Waals surface area contributed by atoms with Crippen LogP contribution in [0.15, 0.2) is 30.3 Å². The molecule has 0 fully saturated rings. The van der Waals surface area contributed by atoms with E-state index >= 15 is 0 Å². The van der Waals surface area contributed by atoms with Crippen LogP contribution in [0.3, 0.4) is 0 Å². The van der Waals surface area contributed by atoms with Gasteiger partial charge >= 0.3 is 0 Å². The Bertz CT molecular complexity index is 600. The van der Waals surface area contributed by atoms with Gasteiger partial charge in [-0.15, -0.1) is 0 Å². The number of aromatic nitrogens is 2. The molecule has 21 heavy (non-hydrogen) atoms. The summed E-state index contributed by atoms with van der Waals surface area (Å²) in [5.74, 6) is 0. The maximum Gasteiger partial charge on any atom is 0.0596 e. The van der Waals surface area contributed by atoms with Gasteiger partial charge in [-0.2, -0.15) is 5.10 Å². The Morgan fingerprint density at radius 2 is 2.05 bits per heavy atom. The predicted molar refractivity (Wildman–Crippen MR) is 86.6 cm³/mol. The fourth-order valence-corrected chi connectivity index (χ4v) is 3.31. The van der Waals surface area contributed by atoms with Crippen molar-refractivity contribution in [3.63, 3.8) is 0 Å². The molecule has 1 aromatic carbocycles. The van der Waals surface area contributed by atoms with Gasteiger partial charge in [-0.3, -0.25) is 4.68 Å². The number of rotatable bonds is 5. The van der Waals surface area contributed by atoms with Crippen molar-refractivity contribution in [3.8, 4) is 0 Å². The van der Waals surface area contributed by atoms with Crippen molar-refractivity contribution in [2.45, 2.75) is 52.1 Å². The number of nitrogens with one attached hydrogen (secondary N) is 1. The van der Waals surface area contributed by atoms with Gasteiger partial charge in [-0.1, -0.05) is 24.3 Å². The standard InChI is InChI=1S/C18H25N3/c1-14-12-15(2)21(20-14)11-5-10-19-18-9-8-16-6-3-4-7-17(16)13-18/h3-4,6-7,12,18-19H,5,8-11,13H2,1-2H3. The molecule has 1 atom stereocenters. The van der Waals surface area contributed by atoms with E-state index in [4.69, 9.17) is 0 Å². The second-order valence-electron chi connectivity index (χ2n) is 6.17. The van der Waals surface area contributed by atoms with E-state index in [2.05, 4.69) is 59.3 Å². The molecule has 0 radical (unpaired) electrons. The largest absolute Gasteiger partial charge is 0.314 e. The molecule has 1 unspecified atom stereocenters. The Hall–Kier alpha value is -1.61. The summed E-state index contributed by atoms with van der Waals surface area (Å²) in [6, 6.07) is 11.6. The third-order valence-electron chi connectivity index (χ3n) is 4.43. The van der Waals surface area contributed by atoms with Crippen LogP contribution in [0.25, 0.3) is 0 Å². The third kappa shape index (κ3) is 3.53. The minimum absolute atomic E-state index is 0.639. The van der Waals surface area contributed by atoms with E-state index in [1.807, 2.05) is 0 Å². The van der Waals surface area contributed by atoms with Crippen LogP contribution in [0, 0.1) is 13.8 Å². The molecule has 112 valence electrons. The topological polar surface area (TPSA) is 29.9 Å². The minimum atomic E-state index is 0.639. The van der Waals surface area contributed by atoms with E-state index < -0.39 is 0 Å². The van der Waals surface area contributed by atoms with Gasteiger partial charge in [0, 0.05) is 18.3 Å². The highest BCUT2D eigenvalue weighted by molar-refractivity contribution is 5.30. The van der Waals surface area contributed by atoms with Gasteiger partial charge in [-0.05, 0) is 63.3 Å². The molecule has 0 amide bonds. The van der Waals surface area contributed by atoms with Crippen molar-refractivity contribution in [1.82, 2.24) is 15.1 Å². The number of hydrogen-bond acceptors (Lipinski definition) is 2. The molecule has 1 aliphatic carbocycles. The lowest BCUT2D eigenvalue weighted by Gasteiger charge is -2.25. The number of nitrogens with zero attached hydrogens (tertiary/aromatic N) is 2. The zero-order valence-electron chi connectivity index (χ0n) is 13.1. The first-order valence-electron chi connectivity index (χ1n) is 8.03. The van der Waals surface area contributed by atoms with Gasteiger partial charge in [0.05, 0.1) is 5.69 Å². The van der Waals surface area contributed by atoms with Gasteiger partial charge < -0.3 is 5.32 Å². The first kappa shape index (κ1) is 14.3. The van der Waals surface area contributed by atoms with E-state index in [-0.39, 0.29) is 0 Å². The lowest BCUT2D eigenvalue weighted by Crippen LogP contribution is -2.35. The van der Waals surface area contributed by atoms with E-state index in [1.54, 1.807) is 0 Å². The predicted octanol–water partition coefficient (Wildman–Crippen LogP) is 3.04. The summed E-state index contributed by atoms with van der Waals surface area (Å²) in [5, 5.41) is 8.23. The highest BCUT2D eigenvalue weighted by atomic mass is 15.3. The quantitative estimate of drug-likeness (QED) is 0.855. The molecule has 3 heteroatoms. The lowest BCUT2D eigenvalue weighted by atomic mass is 9.88. The zero-order chi connectivity index (χ0) is 14.7. The number of benzene rings is 1. The van der Waals surface area contributed by atoms with E-state index in [9.17, 15) is 0 Å². The van der Waals surface area contributed by atoms with Crippen LogP contribution in [0.5, 0.6) is 0 Å². The molecule has 3 nitrogen and oxygen atoms in total. The molecular weight excluding hydrogens is 258 g/mol. The number of aryl methyl sites for hydroxylation is 4. The molecule has 1 aromatic heterocycles. The van der Waals surface area contributed by atoms with Crippen LogP contribution in [-0.4, -0.2) is 22.4 Å². The molecule has 3 rings (SSSR count). The SMILES string of the molecule is Cc1cc(C)n(CCCNC2CCc3ccccc3C2)n1. The zero-order valence-corrected chi connectivity index (χ0v) is 13.1. The molecule has 0 spiro atoms. The smallest absolute Gasteiger partial charge is 0.0596 e. The average Bonchev–Trinajstić information content (AvgIpc) is 2.81. The highest BCUT2D eigenvalue weighted by Crippen LogP contribution is 2.20. The lowest BCUT2D eigenvalue weighted by molar-refractivity contribution is 0.437. The van der Waals surface area contributed by atoms with Gasteiger partial charge in [0.15, 0.2) is 0 Å². The summed E-state index contributed by atoms with van der Waals surface area (Å²) in [6.45, 7) is 6.27. The van der Waals surface area contributed by atoms with Crippen molar-refractivity contribution in [3.05, 3.63) is 52.8 Å². The van der Waals surface area contributed by atoms with Crippen LogP contribution < -0.4 is 5.32 Å². The Kier molecular flexibility index (Phi) is 4.39. The third-order valence-corrected chi connectivity index (χ3v) is 4.43. The van der Waals surface area contributed by atoms with Crippen LogP contribution in [0.4, 0.5) is 0 Å². The minimum Gasteiger partial charge on any atom is -0.314 e. The molecule has 1 aliphatic rings. The van der Waals surface area contributed by atoms with Crippen molar-refractivity contribution in [1.29, 1.82) is 0 Å². The highest BCUT2D eigenvalue weighted by Gasteiger charge is 2.17. The molecule has 0 saturated heterocycles. The summed E-state index contributed by atoms with van der Waals surface area (Å²) >= 11 is 0. The fraction of sp³-hybridized carbons (Fsp3) is 0.500. The molecule has 0 aliphatic heterocycles. The fourth-order valence-electron chi connectivity index (χ4n) is 3.31. The van der Waals surface area contributed by atoms with Gasteiger partial charge in [0.2, 0.25) is 0 Å². The molecule has 0 saturated carbocycles. The maximum absolute atomic E-state index is 4.51. The Balaban J connectivity index is 1.44. The maximum atomic E-state index is 4.51. The monoisotopic (exact) mass is 283 g/mol. The summed E-state index contributed by atoms with van der Waals surface area (Å²) in [7, 11) is 0.